The first-order valence-corrected chi connectivity index (χ1v) is 25.6. The third-order valence-corrected chi connectivity index (χ3v) is 16.3. The zero-order valence-electron chi connectivity index (χ0n) is 45.0. The minimum absolute atomic E-state index is 0.0132. The molecule has 352 valence electrons. The highest BCUT2D eigenvalue weighted by atomic mass is 16.3. The summed E-state index contributed by atoms with van der Waals surface area (Å²) in [5.41, 5.74) is 22.7. The highest BCUT2D eigenvalue weighted by Gasteiger charge is 2.49. The molecule has 0 saturated heterocycles. The molecule has 0 unspecified atom stereocenters. The highest BCUT2D eigenvalue weighted by Crippen LogP contribution is 2.55. The van der Waals surface area contributed by atoms with Gasteiger partial charge in [-0.3, -0.25) is 0 Å². The van der Waals surface area contributed by atoms with E-state index in [-0.39, 0.29) is 44.8 Å². The number of hydrogen-bond donors (Lipinski definition) is 0. The van der Waals surface area contributed by atoms with Crippen LogP contribution in [0.3, 0.4) is 0 Å². The Labute approximate surface area is 409 Å². The lowest BCUT2D eigenvalue weighted by Gasteiger charge is -2.48. The third-order valence-electron chi connectivity index (χ3n) is 16.3. The monoisotopic (exact) mass is 901 g/mol. The van der Waals surface area contributed by atoms with Crippen molar-refractivity contribution in [1.29, 1.82) is 0 Å². The van der Waals surface area contributed by atoms with Crippen LogP contribution in [-0.2, 0) is 37.9 Å². The van der Waals surface area contributed by atoms with Gasteiger partial charge in [0.2, 0.25) is 0 Å². The summed E-state index contributed by atoms with van der Waals surface area (Å²) in [4.78, 5) is 5.38. The second-order valence-electron chi connectivity index (χ2n) is 27.5. The van der Waals surface area contributed by atoms with Crippen LogP contribution >= 0.6 is 0 Å². The number of rotatable bonds is 2. The summed E-state index contributed by atoms with van der Waals surface area (Å²) < 4.78 is 7.20. The number of benzene rings is 6. The van der Waals surface area contributed by atoms with Crippen molar-refractivity contribution in [2.45, 2.75) is 182 Å². The Balaban J connectivity index is 1.44. The highest BCUT2D eigenvalue weighted by molar-refractivity contribution is 6.94. The topological polar surface area (TPSA) is 19.6 Å². The summed E-state index contributed by atoms with van der Waals surface area (Å²) >= 11 is 0. The fraction of sp³-hybridized carbons (Fsp3) is 0.438. The molecule has 0 radical (unpaired) electrons. The molecular formula is C64H77BN2O. The lowest BCUT2D eigenvalue weighted by Crippen LogP contribution is -2.62. The van der Waals surface area contributed by atoms with Gasteiger partial charge in [0, 0.05) is 50.8 Å². The third kappa shape index (κ3) is 7.36. The zero-order valence-corrected chi connectivity index (χ0v) is 45.0. The van der Waals surface area contributed by atoms with Gasteiger partial charge >= 0.3 is 6.85 Å². The summed E-state index contributed by atoms with van der Waals surface area (Å²) in [5.74, 6) is 0. The second-order valence-corrected chi connectivity index (χ2v) is 27.5. The summed E-state index contributed by atoms with van der Waals surface area (Å²) in [5, 5.41) is 2.40. The molecule has 68 heavy (non-hydrogen) atoms. The minimum Gasteiger partial charge on any atom is -0.456 e. The van der Waals surface area contributed by atoms with Gasteiger partial charge in [0.05, 0.1) is 0 Å². The van der Waals surface area contributed by atoms with Gasteiger partial charge < -0.3 is 14.1 Å². The van der Waals surface area contributed by atoms with Crippen LogP contribution in [0.2, 0.25) is 0 Å². The molecule has 4 heteroatoms. The zero-order chi connectivity index (χ0) is 49.2. The van der Waals surface area contributed by atoms with Gasteiger partial charge in [-0.1, -0.05) is 168 Å². The molecule has 3 nitrogen and oxygen atoms in total. The number of furan rings is 1. The van der Waals surface area contributed by atoms with E-state index in [1.165, 1.54) is 100 Å². The Bertz CT molecular complexity index is 3160. The molecule has 3 heterocycles. The molecule has 2 aliphatic heterocycles. The minimum atomic E-state index is -0.126. The lowest BCUT2D eigenvalue weighted by molar-refractivity contribution is 0.332. The van der Waals surface area contributed by atoms with E-state index in [9.17, 15) is 0 Å². The van der Waals surface area contributed by atoms with Crippen LogP contribution in [0.25, 0.3) is 33.1 Å². The van der Waals surface area contributed by atoms with E-state index in [2.05, 4.69) is 238 Å². The molecule has 0 amide bonds. The van der Waals surface area contributed by atoms with Gasteiger partial charge in [-0.2, -0.15) is 0 Å². The van der Waals surface area contributed by atoms with E-state index in [0.29, 0.717) is 0 Å². The van der Waals surface area contributed by atoms with E-state index >= 15 is 0 Å². The molecule has 0 atom stereocenters. The molecule has 3 aliphatic rings. The van der Waals surface area contributed by atoms with Crippen LogP contribution in [-0.4, -0.2) is 6.85 Å². The molecule has 6 aromatic carbocycles. The SMILES string of the molecule is CC(C)(C)c1ccc(N2B3c4cc5c(cc4N(c4cc(C(C)(C)C)cc(C(C)(C)C)c4)c4cc6oc7ccc(C(C)(C)C)cc7c6c(c43)-c3cc(C(C)(C)C)ccc32)C(C)(C)CCC5(C)C)cc1. The standard InChI is InChI=1S/C64H77BN2O/c1-58(2,3)38-20-24-43(25-21-38)67-50-26-22-39(59(4,5)6)33-45(50)56-55-46-34-40(60(7,8)9)23-27-53(46)68-54(55)37-52-57(56)65(67)49-35-47-48(64(18,19)29-28-63(47,16)17)36-51(49)66(52)44-31-41(61(10,11)12)30-42(32-44)62(13,14)15/h20-27,30-37H,28-29H2,1-19H3. The number of hydrogen-bond acceptors (Lipinski definition) is 3. The number of nitrogens with zero attached hydrogens (tertiary/aromatic N) is 2. The van der Waals surface area contributed by atoms with Crippen molar-refractivity contribution >= 4 is 68.1 Å². The fourth-order valence-electron chi connectivity index (χ4n) is 11.6. The maximum atomic E-state index is 7.20. The molecule has 0 bridgehead atoms. The average molecular weight is 901 g/mol. The van der Waals surface area contributed by atoms with Crippen molar-refractivity contribution in [3.63, 3.8) is 0 Å². The van der Waals surface area contributed by atoms with Gasteiger partial charge in [0.25, 0.3) is 0 Å². The molecule has 1 aromatic heterocycles. The summed E-state index contributed by atoms with van der Waals surface area (Å²) in [6.07, 6.45) is 2.30. The van der Waals surface area contributed by atoms with Gasteiger partial charge in [0.1, 0.15) is 11.2 Å². The van der Waals surface area contributed by atoms with Crippen LogP contribution in [0.4, 0.5) is 28.4 Å². The predicted octanol–water partition coefficient (Wildman–Crippen LogP) is 17.1. The van der Waals surface area contributed by atoms with Crippen molar-refractivity contribution < 1.29 is 4.42 Å². The molecule has 1 aliphatic carbocycles. The normalized spacial score (nSPS) is 16.8. The Morgan fingerprint density at radius 1 is 0.456 bits per heavy atom. The van der Waals surface area contributed by atoms with Gasteiger partial charge in [-0.15, -0.1) is 0 Å². The van der Waals surface area contributed by atoms with Crippen LogP contribution in [0.15, 0.2) is 101 Å². The average Bonchev–Trinajstić information content (AvgIpc) is 3.60. The maximum absolute atomic E-state index is 7.20. The lowest BCUT2D eigenvalue weighted by atomic mass is 9.42. The molecule has 0 saturated carbocycles. The fourth-order valence-corrected chi connectivity index (χ4v) is 11.6. The maximum Gasteiger partial charge on any atom is 0.333 e. The van der Waals surface area contributed by atoms with Crippen LogP contribution < -0.4 is 20.6 Å². The van der Waals surface area contributed by atoms with Crippen LogP contribution in [0.5, 0.6) is 0 Å². The number of fused-ring (bicyclic) bond motifs is 9. The predicted molar refractivity (Wildman–Crippen MR) is 296 cm³/mol. The van der Waals surface area contributed by atoms with E-state index in [1.807, 2.05) is 0 Å². The molecule has 7 aromatic rings. The van der Waals surface area contributed by atoms with E-state index in [0.717, 1.165) is 24.0 Å². The Kier molecular flexibility index (Phi) is 10.0. The smallest absolute Gasteiger partial charge is 0.333 e. The Morgan fingerprint density at radius 3 is 1.53 bits per heavy atom. The quantitative estimate of drug-likeness (QED) is 0.161. The number of anilines is 5. The molecular weight excluding hydrogens is 824 g/mol. The van der Waals surface area contributed by atoms with Crippen molar-refractivity contribution in [3.8, 4) is 11.1 Å². The summed E-state index contributed by atoms with van der Waals surface area (Å²) in [7, 11) is 0. The first-order chi connectivity index (χ1) is 31.3. The van der Waals surface area contributed by atoms with E-state index < -0.39 is 0 Å². The molecule has 0 spiro atoms. The Morgan fingerprint density at radius 2 is 0.971 bits per heavy atom. The van der Waals surface area contributed by atoms with Crippen molar-refractivity contribution in [3.05, 3.63) is 136 Å². The van der Waals surface area contributed by atoms with Gasteiger partial charge in [-0.25, -0.2) is 0 Å². The van der Waals surface area contributed by atoms with E-state index in [4.69, 9.17) is 4.42 Å². The van der Waals surface area contributed by atoms with E-state index in [1.54, 1.807) is 0 Å². The Hall–Kier alpha value is -5.22. The van der Waals surface area contributed by atoms with Crippen molar-refractivity contribution in [2.75, 3.05) is 9.71 Å². The first kappa shape index (κ1) is 46.5. The first-order valence-electron chi connectivity index (χ1n) is 25.6. The van der Waals surface area contributed by atoms with Crippen molar-refractivity contribution in [2.24, 2.45) is 0 Å². The second kappa shape index (κ2) is 14.7. The van der Waals surface area contributed by atoms with Crippen LogP contribution in [0, 0.1) is 0 Å². The van der Waals surface area contributed by atoms with Crippen LogP contribution in [0.1, 0.15) is 183 Å². The van der Waals surface area contributed by atoms with Gasteiger partial charge in [-0.05, 0) is 161 Å². The largest absolute Gasteiger partial charge is 0.456 e. The summed E-state index contributed by atoms with van der Waals surface area (Å²) in [6, 6.07) is 39.0. The molecule has 0 N–H and O–H groups in total. The van der Waals surface area contributed by atoms with Gasteiger partial charge in [0.15, 0.2) is 0 Å². The van der Waals surface area contributed by atoms with Crippen molar-refractivity contribution in [1.82, 2.24) is 0 Å². The summed E-state index contributed by atoms with van der Waals surface area (Å²) in [6.45, 7) is 44.9. The molecule has 0 fully saturated rings. The molecule has 10 rings (SSSR count).